The van der Waals surface area contributed by atoms with Gasteiger partial charge in [-0.3, -0.25) is 0 Å². The molecule has 0 heterocycles. The summed E-state index contributed by atoms with van der Waals surface area (Å²) in [6, 6.07) is -0.104. The number of amides is 1. The molecule has 0 spiro atoms. The average molecular weight is 349 g/mol. The maximum absolute atomic E-state index is 12.0. The minimum absolute atomic E-state index is 0.0330. The van der Waals surface area contributed by atoms with Gasteiger partial charge < -0.3 is 15.4 Å². The smallest absolute Gasteiger partial charge is 0.407 e. The zero-order valence-electron chi connectivity index (χ0n) is 15.0. The summed E-state index contributed by atoms with van der Waals surface area (Å²) >= 11 is 0. The van der Waals surface area contributed by atoms with Crippen LogP contribution in [-0.2, 0) is 14.6 Å². The lowest BCUT2D eigenvalue weighted by atomic mass is 10.0. The Morgan fingerprint density at radius 1 is 1.17 bits per heavy atom. The summed E-state index contributed by atoms with van der Waals surface area (Å²) in [4.78, 5) is 12.0. The van der Waals surface area contributed by atoms with Crippen molar-refractivity contribution in [2.45, 2.75) is 83.5 Å². The third-order valence-electron chi connectivity index (χ3n) is 3.77. The first kappa shape index (κ1) is 20.2. The number of sulfone groups is 1. The standard InChI is InChI=1S/C16H32N2O4S/c1-12(11-23(5,20)21)17-13-9-7-6-8-10-14(13)18-15(19)22-16(2,3)4/h12-14,17H,6-11H2,1-5H3,(H,18,19). The first-order valence-electron chi connectivity index (χ1n) is 8.39. The molecule has 6 nitrogen and oxygen atoms in total. The number of nitrogens with one attached hydrogen (secondary N) is 2. The molecule has 0 aliphatic heterocycles. The van der Waals surface area contributed by atoms with E-state index in [1.807, 2.05) is 27.7 Å². The minimum atomic E-state index is -3.02. The molecule has 1 fully saturated rings. The molecule has 1 aliphatic rings. The van der Waals surface area contributed by atoms with Gasteiger partial charge in [0.1, 0.15) is 15.4 Å². The number of alkyl carbamates (subject to hydrolysis) is 1. The molecule has 1 saturated carbocycles. The monoisotopic (exact) mass is 348 g/mol. The van der Waals surface area contributed by atoms with E-state index in [9.17, 15) is 13.2 Å². The Bertz CT molecular complexity index is 485. The summed E-state index contributed by atoms with van der Waals surface area (Å²) in [5.74, 6) is 0.0999. The van der Waals surface area contributed by atoms with Crippen LogP contribution in [0.5, 0.6) is 0 Å². The van der Waals surface area contributed by atoms with E-state index >= 15 is 0 Å². The molecule has 1 amide bonds. The van der Waals surface area contributed by atoms with Crippen LogP contribution in [0, 0.1) is 0 Å². The van der Waals surface area contributed by atoms with Crippen molar-refractivity contribution in [1.29, 1.82) is 0 Å². The highest BCUT2D eigenvalue weighted by Gasteiger charge is 2.28. The second-order valence-electron chi connectivity index (χ2n) is 7.66. The topological polar surface area (TPSA) is 84.5 Å². The fourth-order valence-corrected chi connectivity index (χ4v) is 4.01. The largest absolute Gasteiger partial charge is 0.444 e. The summed E-state index contributed by atoms with van der Waals surface area (Å²) in [7, 11) is -3.02. The number of rotatable bonds is 5. The van der Waals surface area contributed by atoms with Crippen molar-refractivity contribution in [2.75, 3.05) is 12.0 Å². The summed E-state index contributed by atoms with van der Waals surface area (Å²) in [5.41, 5.74) is -0.526. The SMILES string of the molecule is CC(CS(C)(=O)=O)NC1CCCCCC1NC(=O)OC(C)(C)C. The number of carbonyl (C=O) groups is 1. The molecule has 0 bridgehead atoms. The number of ether oxygens (including phenoxy) is 1. The maximum atomic E-state index is 12.0. The lowest BCUT2D eigenvalue weighted by molar-refractivity contribution is 0.0488. The molecule has 2 N–H and O–H groups in total. The van der Waals surface area contributed by atoms with E-state index in [2.05, 4.69) is 10.6 Å². The van der Waals surface area contributed by atoms with Crippen molar-refractivity contribution in [3.8, 4) is 0 Å². The van der Waals surface area contributed by atoms with Crippen molar-refractivity contribution in [3.63, 3.8) is 0 Å². The second kappa shape index (κ2) is 8.33. The predicted octanol–water partition coefficient (Wildman–Crippen LogP) is 2.24. The van der Waals surface area contributed by atoms with E-state index in [-0.39, 0.29) is 23.9 Å². The van der Waals surface area contributed by atoms with Gasteiger partial charge in [0.05, 0.1) is 5.75 Å². The Kier molecular flexibility index (Phi) is 7.32. The van der Waals surface area contributed by atoms with Crippen molar-refractivity contribution in [1.82, 2.24) is 10.6 Å². The molecule has 0 radical (unpaired) electrons. The molecule has 0 aromatic heterocycles. The van der Waals surface area contributed by atoms with Crippen LogP contribution in [-0.4, -0.2) is 50.2 Å². The number of hydrogen-bond donors (Lipinski definition) is 2. The minimum Gasteiger partial charge on any atom is -0.444 e. The van der Waals surface area contributed by atoms with Gasteiger partial charge in [-0.1, -0.05) is 19.3 Å². The van der Waals surface area contributed by atoms with Gasteiger partial charge in [0.25, 0.3) is 0 Å². The molecule has 0 saturated heterocycles. The maximum Gasteiger partial charge on any atom is 0.407 e. The Hall–Kier alpha value is -0.820. The van der Waals surface area contributed by atoms with Crippen LogP contribution < -0.4 is 10.6 Å². The molecule has 3 unspecified atom stereocenters. The zero-order valence-corrected chi connectivity index (χ0v) is 15.8. The summed E-state index contributed by atoms with van der Waals surface area (Å²) in [5, 5.41) is 6.34. The van der Waals surface area contributed by atoms with Gasteiger partial charge in [0.15, 0.2) is 0 Å². The van der Waals surface area contributed by atoms with E-state index in [4.69, 9.17) is 4.74 Å². The predicted molar refractivity (Wildman–Crippen MR) is 92.3 cm³/mol. The molecular formula is C16H32N2O4S. The molecule has 7 heteroatoms. The number of carbonyl (C=O) groups excluding carboxylic acids is 1. The van der Waals surface area contributed by atoms with Crippen LogP contribution >= 0.6 is 0 Å². The van der Waals surface area contributed by atoms with Crippen molar-refractivity contribution >= 4 is 15.9 Å². The van der Waals surface area contributed by atoms with E-state index < -0.39 is 21.5 Å². The van der Waals surface area contributed by atoms with E-state index in [0.717, 1.165) is 32.1 Å². The van der Waals surface area contributed by atoms with Crippen LogP contribution in [0.1, 0.15) is 59.8 Å². The van der Waals surface area contributed by atoms with Gasteiger partial charge in [-0.05, 0) is 40.5 Å². The lowest BCUT2D eigenvalue weighted by Crippen LogP contribution is -2.53. The van der Waals surface area contributed by atoms with Crippen LogP contribution in [0.3, 0.4) is 0 Å². The summed E-state index contributed by atoms with van der Waals surface area (Å²) in [6.45, 7) is 7.38. The highest BCUT2D eigenvalue weighted by atomic mass is 32.2. The molecule has 1 rings (SSSR count). The molecule has 23 heavy (non-hydrogen) atoms. The van der Waals surface area contributed by atoms with E-state index in [1.54, 1.807) is 0 Å². The third-order valence-corrected chi connectivity index (χ3v) is 4.87. The summed E-state index contributed by atoms with van der Waals surface area (Å²) in [6.07, 6.45) is 5.90. The molecular weight excluding hydrogens is 316 g/mol. The Labute approximate surface area is 140 Å². The zero-order chi connectivity index (χ0) is 17.7. The highest BCUT2D eigenvalue weighted by Crippen LogP contribution is 2.19. The van der Waals surface area contributed by atoms with Gasteiger partial charge in [0, 0.05) is 24.4 Å². The first-order chi connectivity index (χ1) is 10.5. The third kappa shape index (κ3) is 9.15. The van der Waals surface area contributed by atoms with Gasteiger partial charge in [-0.15, -0.1) is 0 Å². The summed E-state index contributed by atoms with van der Waals surface area (Å²) < 4.78 is 28.2. The molecule has 3 atom stereocenters. The quantitative estimate of drug-likeness (QED) is 0.744. The molecule has 0 aromatic carbocycles. The fourth-order valence-electron chi connectivity index (χ4n) is 3.01. The van der Waals surface area contributed by atoms with Gasteiger partial charge in [-0.25, -0.2) is 13.2 Å². The first-order valence-corrected chi connectivity index (χ1v) is 10.5. The van der Waals surface area contributed by atoms with Crippen LogP contribution in [0.25, 0.3) is 0 Å². The van der Waals surface area contributed by atoms with Crippen molar-refractivity contribution in [2.24, 2.45) is 0 Å². The molecule has 1 aliphatic carbocycles. The number of hydrogen-bond acceptors (Lipinski definition) is 5. The normalized spacial score (nSPS) is 24.6. The second-order valence-corrected chi connectivity index (χ2v) is 9.84. The van der Waals surface area contributed by atoms with Gasteiger partial charge >= 0.3 is 6.09 Å². The average Bonchev–Trinajstić information content (AvgIpc) is 2.50. The van der Waals surface area contributed by atoms with Crippen molar-refractivity contribution < 1.29 is 17.9 Å². The van der Waals surface area contributed by atoms with Crippen molar-refractivity contribution in [3.05, 3.63) is 0 Å². The van der Waals surface area contributed by atoms with Crippen LogP contribution in [0.2, 0.25) is 0 Å². The fraction of sp³-hybridized carbons (Fsp3) is 0.938. The molecule has 136 valence electrons. The Balaban J connectivity index is 2.66. The molecule has 0 aromatic rings. The van der Waals surface area contributed by atoms with Gasteiger partial charge in [-0.2, -0.15) is 0 Å². The highest BCUT2D eigenvalue weighted by molar-refractivity contribution is 7.90. The van der Waals surface area contributed by atoms with Crippen LogP contribution in [0.4, 0.5) is 4.79 Å². The Morgan fingerprint density at radius 2 is 1.74 bits per heavy atom. The van der Waals surface area contributed by atoms with Crippen LogP contribution in [0.15, 0.2) is 0 Å². The van der Waals surface area contributed by atoms with Gasteiger partial charge in [0.2, 0.25) is 0 Å². The van der Waals surface area contributed by atoms with E-state index in [0.29, 0.717) is 0 Å². The Morgan fingerprint density at radius 3 is 2.26 bits per heavy atom. The van der Waals surface area contributed by atoms with E-state index in [1.165, 1.54) is 6.26 Å². The lowest BCUT2D eigenvalue weighted by Gasteiger charge is -2.30.